The van der Waals surface area contributed by atoms with Crippen molar-refractivity contribution in [3.8, 4) is 6.07 Å². The molecule has 0 saturated carbocycles. The Bertz CT molecular complexity index is 286. The molecule has 0 aliphatic carbocycles. The minimum absolute atomic E-state index is 0.0867. The topological polar surface area (TPSA) is 44.0 Å². The summed E-state index contributed by atoms with van der Waals surface area (Å²) in [6.07, 6.45) is 6.94. The number of hydrogen-bond acceptors (Lipinski definition) is 4. The van der Waals surface area contributed by atoms with Crippen LogP contribution in [0.1, 0.15) is 0 Å². The molecule has 0 aromatic carbocycles. The summed E-state index contributed by atoms with van der Waals surface area (Å²) in [6.45, 7) is 0.0867. The summed E-state index contributed by atoms with van der Waals surface area (Å²) in [6, 6.07) is 1.93. The number of aliphatic hydroxyl groups excluding tert-OH is 1. The highest BCUT2D eigenvalue weighted by Gasteiger charge is 2.03. The average Bonchev–Trinajstić information content (AvgIpc) is 2.15. The van der Waals surface area contributed by atoms with Gasteiger partial charge in [-0.15, -0.1) is 0 Å². The van der Waals surface area contributed by atoms with Gasteiger partial charge in [-0.1, -0.05) is 21.6 Å². The van der Waals surface area contributed by atoms with Crippen LogP contribution in [-0.2, 0) is 0 Å². The molecule has 0 aromatic rings. The third-order valence-corrected chi connectivity index (χ3v) is 3.65. The van der Waals surface area contributed by atoms with E-state index >= 15 is 0 Å². The molecular weight excluding hydrogens is 190 g/mol. The molecule has 0 radical (unpaired) electrons. The van der Waals surface area contributed by atoms with E-state index in [9.17, 15) is 0 Å². The normalized spacial score (nSPS) is 17.0. The first-order valence-electron chi connectivity index (χ1n) is 3.29. The van der Waals surface area contributed by atoms with Crippen molar-refractivity contribution >= 4 is 21.6 Å². The molecule has 62 valence electrons. The van der Waals surface area contributed by atoms with Crippen LogP contribution in [0.5, 0.6) is 0 Å². The van der Waals surface area contributed by atoms with Gasteiger partial charge in [0.05, 0.1) is 12.7 Å². The van der Waals surface area contributed by atoms with Crippen molar-refractivity contribution in [3.63, 3.8) is 0 Å². The SMILES string of the molecule is N#CC=CC1=CC=C(CO)SS1. The molecule has 1 aliphatic rings. The van der Waals surface area contributed by atoms with E-state index in [1.54, 1.807) is 16.9 Å². The lowest BCUT2D eigenvalue weighted by Crippen LogP contribution is -1.85. The second-order valence-electron chi connectivity index (χ2n) is 1.99. The fraction of sp³-hybridized carbons (Fsp3) is 0.125. The van der Waals surface area contributed by atoms with E-state index in [1.165, 1.54) is 16.9 Å². The van der Waals surface area contributed by atoms with E-state index in [4.69, 9.17) is 10.4 Å². The molecule has 0 aromatic heterocycles. The molecule has 4 heteroatoms. The Labute approximate surface area is 79.1 Å². The lowest BCUT2D eigenvalue weighted by molar-refractivity contribution is 0.339. The highest BCUT2D eigenvalue weighted by Crippen LogP contribution is 2.39. The van der Waals surface area contributed by atoms with Crippen LogP contribution < -0.4 is 0 Å². The Morgan fingerprint density at radius 2 is 2.33 bits per heavy atom. The Hall–Kier alpha value is -0.630. The molecular formula is C8H7NOS2. The number of nitrogens with zero attached hydrogens (tertiary/aromatic N) is 1. The molecule has 0 saturated heterocycles. The molecule has 1 heterocycles. The van der Waals surface area contributed by atoms with E-state index in [2.05, 4.69) is 0 Å². The van der Waals surface area contributed by atoms with Gasteiger partial charge in [-0.2, -0.15) is 5.26 Å². The Morgan fingerprint density at radius 1 is 1.50 bits per heavy atom. The first-order valence-corrected chi connectivity index (χ1v) is 5.44. The van der Waals surface area contributed by atoms with E-state index in [-0.39, 0.29) is 6.61 Å². The number of aliphatic hydroxyl groups is 1. The molecule has 1 aliphatic heterocycles. The van der Waals surface area contributed by atoms with Gasteiger partial charge < -0.3 is 5.11 Å². The highest BCUT2D eigenvalue weighted by atomic mass is 33.1. The van der Waals surface area contributed by atoms with Crippen molar-refractivity contribution in [1.82, 2.24) is 0 Å². The van der Waals surface area contributed by atoms with Crippen LogP contribution in [0.3, 0.4) is 0 Å². The smallest absolute Gasteiger partial charge is 0.0912 e. The maximum atomic E-state index is 8.75. The van der Waals surface area contributed by atoms with E-state index in [0.717, 1.165) is 9.81 Å². The Kier molecular flexibility index (Phi) is 4.01. The molecule has 1 N–H and O–H groups in total. The molecule has 2 nitrogen and oxygen atoms in total. The van der Waals surface area contributed by atoms with Crippen LogP contribution in [0.4, 0.5) is 0 Å². The Balaban J connectivity index is 2.61. The van der Waals surface area contributed by atoms with Crippen molar-refractivity contribution < 1.29 is 5.11 Å². The fourth-order valence-corrected chi connectivity index (χ4v) is 2.51. The summed E-state index contributed by atoms with van der Waals surface area (Å²) in [5.41, 5.74) is 0. The predicted octanol–water partition coefficient (Wildman–Crippen LogP) is 2.22. The number of rotatable bonds is 2. The van der Waals surface area contributed by atoms with E-state index < -0.39 is 0 Å². The number of allylic oxidation sites excluding steroid dienone is 4. The van der Waals surface area contributed by atoms with Crippen LogP contribution in [0.2, 0.25) is 0 Å². The van der Waals surface area contributed by atoms with Gasteiger partial charge in [0.15, 0.2) is 0 Å². The molecule has 0 bridgehead atoms. The van der Waals surface area contributed by atoms with Crippen molar-refractivity contribution in [2.75, 3.05) is 6.61 Å². The van der Waals surface area contributed by atoms with E-state index in [0.29, 0.717) is 0 Å². The lowest BCUT2D eigenvalue weighted by Gasteiger charge is -2.07. The second kappa shape index (κ2) is 5.09. The minimum Gasteiger partial charge on any atom is -0.391 e. The molecule has 0 atom stereocenters. The molecule has 1 rings (SSSR count). The zero-order valence-corrected chi connectivity index (χ0v) is 7.86. The molecule has 0 spiro atoms. The van der Waals surface area contributed by atoms with Gasteiger partial charge in [0.2, 0.25) is 0 Å². The summed E-state index contributed by atoms with van der Waals surface area (Å²) in [5, 5.41) is 17.0. The average molecular weight is 197 g/mol. The van der Waals surface area contributed by atoms with Crippen molar-refractivity contribution in [3.05, 3.63) is 34.1 Å². The van der Waals surface area contributed by atoms with Crippen LogP contribution >= 0.6 is 21.6 Å². The third kappa shape index (κ3) is 2.78. The van der Waals surface area contributed by atoms with Gasteiger partial charge in [0.25, 0.3) is 0 Å². The summed E-state index contributed by atoms with van der Waals surface area (Å²) >= 11 is 0. The second-order valence-corrected chi connectivity index (χ2v) is 4.32. The number of nitriles is 1. The van der Waals surface area contributed by atoms with Crippen molar-refractivity contribution in [2.24, 2.45) is 0 Å². The molecule has 0 unspecified atom stereocenters. The quantitative estimate of drug-likeness (QED) is 0.544. The summed E-state index contributed by atoms with van der Waals surface area (Å²) in [7, 11) is 3.07. The van der Waals surface area contributed by atoms with E-state index in [1.807, 2.05) is 18.2 Å². The first-order chi connectivity index (χ1) is 5.86. The maximum Gasteiger partial charge on any atom is 0.0912 e. The van der Waals surface area contributed by atoms with Gasteiger partial charge in [0, 0.05) is 15.9 Å². The highest BCUT2D eigenvalue weighted by molar-refractivity contribution is 8.79. The third-order valence-electron chi connectivity index (χ3n) is 1.16. The van der Waals surface area contributed by atoms with Gasteiger partial charge in [-0.3, -0.25) is 0 Å². The first kappa shape index (κ1) is 9.46. The van der Waals surface area contributed by atoms with Crippen molar-refractivity contribution in [2.45, 2.75) is 0 Å². The maximum absolute atomic E-state index is 8.75. The zero-order valence-electron chi connectivity index (χ0n) is 6.23. The standard InChI is InChI=1S/C8H7NOS2/c9-5-1-2-7-3-4-8(6-10)12-11-7/h1-4,10H,6H2. The van der Waals surface area contributed by atoms with Gasteiger partial charge in [0.1, 0.15) is 0 Å². The summed E-state index contributed by atoms with van der Waals surface area (Å²) in [5.74, 6) is 0. The van der Waals surface area contributed by atoms with Gasteiger partial charge in [-0.25, -0.2) is 0 Å². The predicted molar refractivity (Wildman–Crippen MR) is 53.2 cm³/mol. The minimum atomic E-state index is 0.0867. The van der Waals surface area contributed by atoms with Crippen molar-refractivity contribution in [1.29, 1.82) is 5.26 Å². The summed E-state index contributed by atoms with van der Waals surface area (Å²) in [4.78, 5) is 1.97. The van der Waals surface area contributed by atoms with Crippen LogP contribution in [0.15, 0.2) is 34.1 Å². The Morgan fingerprint density at radius 3 is 2.83 bits per heavy atom. The summed E-state index contributed by atoms with van der Waals surface area (Å²) < 4.78 is 0. The molecule has 0 fully saturated rings. The van der Waals surface area contributed by atoms with Crippen LogP contribution in [0.25, 0.3) is 0 Å². The molecule has 0 amide bonds. The zero-order chi connectivity index (χ0) is 8.81. The lowest BCUT2D eigenvalue weighted by atomic mass is 10.4. The fourth-order valence-electron chi connectivity index (χ4n) is 0.614. The van der Waals surface area contributed by atoms with Gasteiger partial charge in [-0.05, 0) is 18.2 Å². The van der Waals surface area contributed by atoms with Crippen LogP contribution in [-0.4, -0.2) is 11.7 Å². The van der Waals surface area contributed by atoms with Gasteiger partial charge >= 0.3 is 0 Å². The monoisotopic (exact) mass is 197 g/mol. The largest absolute Gasteiger partial charge is 0.391 e. The number of hydrogen-bond donors (Lipinski definition) is 1. The van der Waals surface area contributed by atoms with Crippen LogP contribution in [0, 0.1) is 11.3 Å². The molecule has 12 heavy (non-hydrogen) atoms.